The molecule has 1 amide bonds. The van der Waals surface area contributed by atoms with Crippen LogP contribution in [0.1, 0.15) is 17.3 Å². The SMILES string of the molecule is COc1ccc(NC(=O)[C@H](C)OC(=O)c2ccc(Br)cc2F)cc1. The zero-order valence-electron chi connectivity index (χ0n) is 13.0. The number of nitrogens with one attached hydrogen (secondary N) is 1. The number of ether oxygens (including phenoxy) is 2. The molecule has 1 N–H and O–H groups in total. The van der Waals surface area contributed by atoms with E-state index in [0.29, 0.717) is 15.9 Å². The molecule has 0 heterocycles. The van der Waals surface area contributed by atoms with E-state index in [1.807, 2.05) is 0 Å². The molecule has 0 aliphatic carbocycles. The van der Waals surface area contributed by atoms with Gasteiger partial charge in [-0.1, -0.05) is 15.9 Å². The maximum Gasteiger partial charge on any atom is 0.341 e. The first-order chi connectivity index (χ1) is 11.4. The first-order valence-electron chi connectivity index (χ1n) is 7.01. The number of methoxy groups -OCH3 is 1. The molecule has 2 rings (SSSR count). The summed E-state index contributed by atoms with van der Waals surface area (Å²) >= 11 is 3.10. The van der Waals surface area contributed by atoms with Crippen LogP contribution in [-0.4, -0.2) is 25.1 Å². The Morgan fingerprint density at radius 3 is 2.42 bits per heavy atom. The van der Waals surface area contributed by atoms with Gasteiger partial charge in [-0.3, -0.25) is 4.79 Å². The number of hydrogen-bond acceptors (Lipinski definition) is 4. The van der Waals surface area contributed by atoms with Gasteiger partial charge in [0.1, 0.15) is 11.6 Å². The average Bonchev–Trinajstić information content (AvgIpc) is 2.55. The summed E-state index contributed by atoms with van der Waals surface area (Å²) in [7, 11) is 1.54. The molecule has 2 aromatic rings. The van der Waals surface area contributed by atoms with E-state index in [4.69, 9.17) is 9.47 Å². The molecule has 126 valence electrons. The van der Waals surface area contributed by atoms with Crippen molar-refractivity contribution < 1.29 is 23.5 Å². The average molecular weight is 396 g/mol. The maximum absolute atomic E-state index is 13.7. The van der Waals surface area contributed by atoms with Crippen LogP contribution < -0.4 is 10.1 Å². The minimum Gasteiger partial charge on any atom is -0.497 e. The molecule has 0 fully saturated rings. The molecule has 2 aromatic carbocycles. The molecule has 0 bridgehead atoms. The number of esters is 1. The first kappa shape index (κ1) is 17.9. The fraction of sp³-hybridized carbons (Fsp3) is 0.176. The van der Waals surface area contributed by atoms with Gasteiger partial charge in [-0.15, -0.1) is 0 Å². The molecular weight excluding hydrogens is 381 g/mol. The second kappa shape index (κ2) is 7.92. The maximum atomic E-state index is 13.7. The van der Waals surface area contributed by atoms with Crippen LogP contribution in [0.3, 0.4) is 0 Å². The lowest BCUT2D eigenvalue weighted by Crippen LogP contribution is -2.30. The Bertz CT molecular complexity index is 749. The number of benzene rings is 2. The van der Waals surface area contributed by atoms with Crippen LogP contribution in [0.5, 0.6) is 5.75 Å². The second-order valence-electron chi connectivity index (χ2n) is 4.89. The number of halogens is 2. The Hall–Kier alpha value is -2.41. The zero-order chi connectivity index (χ0) is 17.7. The monoisotopic (exact) mass is 395 g/mol. The molecule has 0 unspecified atom stereocenters. The summed E-state index contributed by atoms with van der Waals surface area (Å²) in [6.45, 7) is 1.41. The second-order valence-corrected chi connectivity index (χ2v) is 5.81. The Balaban J connectivity index is 1.98. The van der Waals surface area contributed by atoms with Gasteiger partial charge in [0, 0.05) is 10.2 Å². The standard InChI is InChI=1S/C17H15BrFNO4/c1-10(16(21)20-12-4-6-13(23-2)7-5-12)24-17(22)14-8-3-11(18)9-15(14)19/h3-10H,1-2H3,(H,20,21)/t10-/m0/s1. The van der Waals surface area contributed by atoms with Crippen molar-refractivity contribution >= 4 is 33.5 Å². The van der Waals surface area contributed by atoms with E-state index < -0.39 is 23.8 Å². The summed E-state index contributed by atoms with van der Waals surface area (Å²) in [4.78, 5) is 24.0. The fourth-order valence-electron chi connectivity index (χ4n) is 1.85. The van der Waals surface area contributed by atoms with E-state index >= 15 is 0 Å². The van der Waals surface area contributed by atoms with E-state index in [9.17, 15) is 14.0 Å². The van der Waals surface area contributed by atoms with Crippen LogP contribution in [0.15, 0.2) is 46.9 Å². The van der Waals surface area contributed by atoms with E-state index in [-0.39, 0.29) is 5.56 Å². The summed E-state index contributed by atoms with van der Waals surface area (Å²) < 4.78 is 24.3. The lowest BCUT2D eigenvalue weighted by Gasteiger charge is -2.14. The largest absolute Gasteiger partial charge is 0.497 e. The summed E-state index contributed by atoms with van der Waals surface area (Å²) in [5, 5.41) is 2.60. The molecule has 1 atom stereocenters. The molecular formula is C17H15BrFNO4. The van der Waals surface area contributed by atoms with Gasteiger partial charge in [-0.2, -0.15) is 0 Å². The molecule has 7 heteroatoms. The lowest BCUT2D eigenvalue weighted by molar-refractivity contribution is -0.123. The molecule has 0 aromatic heterocycles. The van der Waals surface area contributed by atoms with Crippen LogP contribution in [-0.2, 0) is 9.53 Å². The number of carbonyl (C=O) groups excluding carboxylic acids is 2. The molecule has 0 saturated heterocycles. The third-order valence-corrected chi connectivity index (χ3v) is 3.65. The van der Waals surface area contributed by atoms with Crippen molar-refractivity contribution in [2.45, 2.75) is 13.0 Å². The van der Waals surface area contributed by atoms with Gasteiger partial charge >= 0.3 is 5.97 Å². The first-order valence-corrected chi connectivity index (χ1v) is 7.81. The van der Waals surface area contributed by atoms with Crippen LogP contribution in [0.2, 0.25) is 0 Å². The van der Waals surface area contributed by atoms with Crippen molar-refractivity contribution in [2.75, 3.05) is 12.4 Å². The predicted molar refractivity (Wildman–Crippen MR) is 90.6 cm³/mol. The summed E-state index contributed by atoms with van der Waals surface area (Å²) in [5.41, 5.74) is 0.292. The highest BCUT2D eigenvalue weighted by Gasteiger charge is 2.21. The number of carbonyl (C=O) groups is 2. The molecule has 0 aliphatic rings. The predicted octanol–water partition coefficient (Wildman–Crippen LogP) is 3.78. The highest BCUT2D eigenvalue weighted by Crippen LogP contribution is 2.18. The van der Waals surface area contributed by atoms with Crippen LogP contribution in [0.25, 0.3) is 0 Å². The van der Waals surface area contributed by atoms with Gasteiger partial charge in [0.15, 0.2) is 6.10 Å². The van der Waals surface area contributed by atoms with Gasteiger partial charge in [-0.05, 0) is 49.4 Å². The normalized spacial score (nSPS) is 11.5. The van der Waals surface area contributed by atoms with Gasteiger partial charge in [0.05, 0.1) is 12.7 Å². The fourth-order valence-corrected chi connectivity index (χ4v) is 2.18. The van der Waals surface area contributed by atoms with Crippen molar-refractivity contribution in [3.05, 3.63) is 58.3 Å². The lowest BCUT2D eigenvalue weighted by atomic mass is 10.2. The van der Waals surface area contributed by atoms with E-state index in [1.54, 1.807) is 24.3 Å². The van der Waals surface area contributed by atoms with Crippen LogP contribution >= 0.6 is 15.9 Å². The van der Waals surface area contributed by atoms with Gasteiger partial charge in [0.2, 0.25) is 0 Å². The van der Waals surface area contributed by atoms with E-state index in [1.165, 1.54) is 26.2 Å². The number of hydrogen-bond donors (Lipinski definition) is 1. The van der Waals surface area contributed by atoms with Crippen LogP contribution in [0, 0.1) is 5.82 Å². The van der Waals surface area contributed by atoms with Crippen molar-refractivity contribution in [3.8, 4) is 5.75 Å². The summed E-state index contributed by atoms with van der Waals surface area (Å²) in [5.74, 6) is -1.50. The Labute approximate surface area is 146 Å². The van der Waals surface area contributed by atoms with E-state index in [0.717, 1.165) is 6.07 Å². The molecule has 0 saturated carbocycles. The molecule has 24 heavy (non-hydrogen) atoms. The van der Waals surface area contributed by atoms with Gasteiger partial charge in [0.25, 0.3) is 5.91 Å². The van der Waals surface area contributed by atoms with Crippen LogP contribution in [0.4, 0.5) is 10.1 Å². The summed E-state index contributed by atoms with van der Waals surface area (Å²) in [6.07, 6.45) is -1.08. The van der Waals surface area contributed by atoms with Crippen molar-refractivity contribution in [2.24, 2.45) is 0 Å². The smallest absolute Gasteiger partial charge is 0.341 e. The zero-order valence-corrected chi connectivity index (χ0v) is 14.6. The minimum atomic E-state index is -1.08. The highest BCUT2D eigenvalue weighted by molar-refractivity contribution is 9.10. The third-order valence-electron chi connectivity index (χ3n) is 3.16. The molecule has 0 aliphatic heterocycles. The number of amides is 1. The Morgan fingerprint density at radius 2 is 1.83 bits per heavy atom. The van der Waals surface area contributed by atoms with Crippen molar-refractivity contribution in [1.29, 1.82) is 0 Å². The van der Waals surface area contributed by atoms with E-state index in [2.05, 4.69) is 21.2 Å². The number of rotatable bonds is 5. The van der Waals surface area contributed by atoms with Gasteiger partial charge in [-0.25, -0.2) is 9.18 Å². The highest BCUT2D eigenvalue weighted by atomic mass is 79.9. The molecule has 0 radical (unpaired) electrons. The van der Waals surface area contributed by atoms with Crippen molar-refractivity contribution in [3.63, 3.8) is 0 Å². The Kier molecular flexibility index (Phi) is 5.92. The summed E-state index contributed by atoms with van der Waals surface area (Å²) in [6, 6.07) is 10.6. The minimum absolute atomic E-state index is 0.234. The van der Waals surface area contributed by atoms with Gasteiger partial charge < -0.3 is 14.8 Å². The third kappa shape index (κ3) is 4.55. The van der Waals surface area contributed by atoms with Crippen molar-refractivity contribution in [1.82, 2.24) is 0 Å². The quantitative estimate of drug-likeness (QED) is 0.782. The topological polar surface area (TPSA) is 64.6 Å². The number of anilines is 1. The molecule has 5 nitrogen and oxygen atoms in total. The Morgan fingerprint density at radius 1 is 1.17 bits per heavy atom. The molecule has 0 spiro atoms.